The van der Waals surface area contributed by atoms with Crippen LogP contribution in [-0.4, -0.2) is 14.7 Å². The summed E-state index contributed by atoms with van der Waals surface area (Å²) in [5.41, 5.74) is 1.83. The lowest BCUT2D eigenvalue weighted by atomic mass is 10.2. The Labute approximate surface area is 107 Å². The van der Waals surface area contributed by atoms with Gasteiger partial charge in [0.15, 0.2) is 0 Å². The Kier molecular flexibility index (Phi) is 2.59. The Balaban J connectivity index is 2.09. The molecule has 0 aliphatic heterocycles. The minimum absolute atomic E-state index is 0.0966. The number of aromatic nitrogens is 2. The van der Waals surface area contributed by atoms with E-state index in [9.17, 15) is 14.3 Å². The highest BCUT2D eigenvalue weighted by molar-refractivity contribution is 5.76. The van der Waals surface area contributed by atoms with Crippen LogP contribution in [-0.2, 0) is 6.54 Å². The smallest absolute Gasteiger partial charge is 0.326 e. The molecular weight excluding hydrogens is 247 g/mol. The Morgan fingerprint density at radius 1 is 1.16 bits per heavy atom. The molecule has 0 saturated heterocycles. The summed E-state index contributed by atoms with van der Waals surface area (Å²) >= 11 is 0. The second-order valence-corrected chi connectivity index (χ2v) is 4.34. The third kappa shape index (κ3) is 2.10. The Morgan fingerprint density at radius 3 is 2.63 bits per heavy atom. The van der Waals surface area contributed by atoms with Crippen LogP contribution in [0, 0.1) is 5.82 Å². The molecule has 0 aliphatic carbocycles. The predicted octanol–water partition coefficient (Wildman–Crippen LogP) is 2.22. The van der Waals surface area contributed by atoms with Crippen molar-refractivity contribution >= 4 is 11.0 Å². The van der Waals surface area contributed by atoms with E-state index in [1.165, 1.54) is 28.8 Å². The molecule has 0 unspecified atom stereocenters. The molecule has 3 rings (SSSR count). The highest BCUT2D eigenvalue weighted by atomic mass is 19.1. The number of benzene rings is 2. The van der Waals surface area contributed by atoms with E-state index in [0.29, 0.717) is 17.6 Å². The molecule has 2 aromatic carbocycles. The van der Waals surface area contributed by atoms with Gasteiger partial charge in [0.1, 0.15) is 11.6 Å². The zero-order valence-corrected chi connectivity index (χ0v) is 9.93. The van der Waals surface area contributed by atoms with Crippen LogP contribution in [0.3, 0.4) is 0 Å². The monoisotopic (exact) mass is 258 g/mol. The second kappa shape index (κ2) is 4.28. The molecule has 0 atom stereocenters. The van der Waals surface area contributed by atoms with Gasteiger partial charge < -0.3 is 10.1 Å². The van der Waals surface area contributed by atoms with Gasteiger partial charge in [0.25, 0.3) is 0 Å². The van der Waals surface area contributed by atoms with Gasteiger partial charge in [0, 0.05) is 6.07 Å². The first-order valence-electron chi connectivity index (χ1n) is 5.79. The number of aromatic amines is 1. The van der Waals surface area contributed by atoms with Crippen LogP contribution in [0.2, 0.25) is 0 Å². The van der Waals surface area contributed by atoms with Crippen molar-refractivity contribution in [2.75, 3.05) is 0 Å². The van der Waals surface area contributed by atoms with Crippen LogP contribution < -0.4 is 5.69 Å². The number of aromatic hydroxyl groups is 1. The van der Waals surface area contributed by atoms with Gasteiger partial charge in [-0.25, -0.2) is 9.18 Å². The minimum Gasteiger partial charge on any atom is -0.508 e. The molecule has 1 heterocycles. The predicted molar refractivity (Wildman–Crippen MR) is 69.7 cm³/mol. The van der Waals surface area contributed by atoms with Gasteiger partial charge in [-0.15, -0.1) is 0 Å². The van der Waals surface area contributed by atoms with Crippen molar-refractivity contribution in [3.63, 3.8) is 0 Å². The fourth-order valence-electron chi connectivity index (χ4n) is 2.07. The molecule has 1 aromatic heterocycles. The van der Waals surface area contributed by atoms with Crippen molar-refractivity contribution in [3.8, 4) is 5.75 Å². The molecule has 0 radical (unpaired) electrons. The highest BCUT2D eigenvalue weighted by Crippen LogP contribution is 2.18. The van der Waals surface area contributed by atoms with E-state index in [1.807, 2.05) is 0 Å². The largest absolute Gasteiger partial charge is 0.508 e. The zero-order valence-electron chi connectivity index (χ0n) is 9.93. The molecule has 96 valence electrons. The van der Waals surface area contributed by atoms with Gasteiger partial charge in [-0.3, -0.25) is 4.57 Å². The summed E-state index contributed by atoms with van der Waals surface area (Å²) in [5, 5.41) is 9.49. The van der Waals surface area contributed by atoms with Crippen LogP contribution in [0.25, 0.3) is 11.0 Å². The van der Waals surface area contributed by atoms with E-state index in [1.54, 1.807) is 18.2 Å². The number of phenolic OH excluding ortho intramolecular Hbond substituents is 1. The molecule has 0 amide bonds. The van der Waals surface area contributed by atoms with Crippen molar-refractivity contribution in [1.29, 1.82) is 0 Å². The van der Waals surface area contributed by atoms with E-state index in [2.05, 4.69) is 4.98 Å². The van der Waals surface area contributed by atoms with Gasteiger partial charge in [0.2, 0.25) is 0 Å². The molecule has 0 bridgehead atoms. The molecule has 19 heavy (non-hydrogen) atoms. The van der Waals surface area contributed by atoms with Gasteiger partial charge >= 0.3 is 5.69 Å². The molecule has 4 nitrogen and oxygen atoms in total. The van der Waals surface area contributed by atoms with Crippen molar-refractivity contribution in [2.45, 2.75) is 6.54 Å². The maximum atomic E-state index is 12.8. The van der Waals surface area contributed by atoms with E-state index in [0.717, 1.165) is 5.56 Å². The number of hydrogen-bond donors (Lipinski definition) is 2. The molecule has 0 fully saturated rings. The van der Waals surface area contributed by atoms with Crippen LogP contribution in [0.1, 0.15) is 5.56 Å². The summed E-state index contributed by atoms with van der Waals surface area (Å²) in [6.45, 7) is 0.322. The molecule has 0 saturated carbocycles. The quantitative estimate of drug-likeness (QED) is 0.740. The number of hydrogen-bond acceptors (Lipinski definition) is 2. The highest BCUT2D eigenvalue weighted by Gasteiger charge is 2.08. The summed E-state index contributed by atoms with van der Waals surface area (Å²) in [5.74, 6) is -0.216. The van der Waals surface area contributed by atoms with E-state index in [-0.39, 0.29) is 17.3 Å². The standard InChI is InChI=1S/C14H11FN2O2/c15-10-3-1-9(2-4-10)8-17-13-7-11(18)5-6-12(13)16-14(17)19/h1-7,18H,8H2,(H,16,19). The maximum absolute atomic E-state index is 12.8. The van der Waals surface area contributed by atoms with Crippen molar-refractivity contribution in [2.24, 2.45) is 0 Å². The summed E-state index contributed by atoms with van der Waals surface area (Å²) in [6.07, 6.45) is 0. The lowest BCUT2D eigenvalue weighted by molar-refractivity contribution is 0.476. The summed E-state index contributed by atoms with van der Waals surface area (Å²) < 4.78 is 14.3. The maximum Gasteiger partial charge on any atom is 0.326 e. The fraction of sp³-hybridized carbons (Fsp3) is 0.0714. The normalized spacial score (nSPS) is 11.0. The summed E-state index contributed by atoms with van der Waals surface area (Å²) in [6, 6.07) is 10.6. The van der Waals surface area contributed by atoms with Gasteiger partial charge in [-0.2, -0.15) is 0 Å². The van der Waals surface area contributed by atoms with Gasteiger partial charge in [0.05, 0.1) is 17.6 Å². The topological polar surface area (TPSA) is 58.0 Å². The lowest BCUT2D eigenvalue weighted by Crippen LogP contribution is -2.17. The Hall–Kier alpha value is -2.56. The molecule has 2 N–H and O–H groups in total. The van der Waals surface area contributed by atoms with Crippen molar-refractivity contribution in [3.05, 3.63) is 64.3 Å². The van der Waals surface area contributed by atoms with Gasteiger partial charge in [-0.1, -0.05) is 12.1 Å². The van der Waals surface area contributed by atoms with Crippen LogP contribution in [0.4, 0.5) is 4.39 Å². The summed E-state index contributed by atoms with van der Waals surface area (Å²) in [4.78, 5) is 14.6. The second-order valence-electron chi connectivity index (χ2n) is 4.34. The Bertz CT molecular complexity index is 787. The third-order valence-corrected chi connectivity index (χ3v) is 3.01. The number of fused-ring (bicyclic) bond motifs is 1. The number of halogens is 1. The molecule has 0 aliphatic rings. The molecule has 0 spiro atoms. The van der Waals surface area contributed by atoms with E-state index < -0.39 is 0 Å². The SMILES string of the molecule is O=c1[nH]c2ccc(O)cc2n1Cc1ccc(F)cc1. The molecule has 5 heteroatoms. The lowest BCUT2D eigenvalue weighted by Gasteiger charge is -2.04. The number of nitrogens with zero attached hydrogens (tertiary/aromatic N) is 1. The first-order valence-corrected chi connectivity index (χ1v) is 5.79. The minimum atomic E-state index is -0.312. The average molecular weight is 258 g/mol. The summed E-state index contributed by atoms with van der Waals surface area (Å²) in [7, 11) is 0. The molecular formula is C14H11FN2O2. The first-order chi connectivity index (χ1) is 9.13. The van der Waals surface area contributed by atoms with Crippen molar-refractivity contribution < 1.29 is 9.50 Å². The van der Waals surface area contributed by atoms with E-state index >= 15 is 0 Å². The fourth-order valence-corrected chi connectivity index (χ4v) is 2.07. The van der Waals surface area contributed by atoms with Crippen LogP contribution in [0.5, 0.6) is 5.75 Å². The molecule has 3 aromatic rings. The average Bonchev–Trinajstić information content (AvgIpc) is 2.69. The van der Waals surface area contributed by atoms with E-state index in [4.69, 9.17) is 0 Å². The first kappa shape index (κ1) is 11.5. The third-order valence-electron chi connectivity index (χ3n) is 3.01. The number of imidazole rings is 1. The van der Waals surface area contributed by atoms with Crippen molar-refractivity contribution in [1.82, 2.24) is 9.55 Å². The number of nitrogens with one attached hydrogen (secondary N) is 1. The number of H-pyrrole nitrogens is 1. The number of phenols is 1. The zero-order chi connectivity index (χ0) is 13.4. The Morgan fingerprint density at radius 2 is 1.89 bits per heavy atom. The number of rotatable bonds is 2. The van der Waals surface area contributed by atoms with Crippen LogP contribution >= 0.6 is 0 Å². The van der Waals surface area contributed by atoms with Gasteiger partial charge in [-0.05, 0) is 29.8 Å². The van der Waals surface area contributed by atoms with Crippen LogP contribution in [0.15, 0.2) is 47.3 Å².